The number of fused-ring (bicyclic) bond motifs is 4. The Morgan fingerprint density at radius 3 is 2.34 bits per heavy atom. The fraction of sp³-hybridized carbons (Fsp3) is 0.433. The molecule has 1 spiro atoms. The molecule has 0 radical (unpaired) electrons. The summed E-state index contributed by atoms with van der Waals surface area (Å²) in [5.41, 5.74) is -2.49. The normalized spacial score (nSPS) is 31.8. The van der Waals surface area contributed by atoms with Gasteiger partial charge in [-0.05, 0) is 37.2 Å². The van der Waals surface area contributed by atoms with Gasteiger partial charge >= 0.3 is 0 Å². The van der Waals surface area contributed by atoms with Crippen molar-refractivity contribution in [2.24, 2.45) is 11.1 Å². The Hall–Kier alpha value is -3.93. The van der Waals surface area contributed by atoms with E-state index in [1.54, 1.807) is 0 Å². The van der Waals surface area contributed by atoms with Crippen LogP contribution in [0.4, 0.5) is 0 Å². The van der Waals surface area contributed by atoms with Gasteiger partial charge in [0.1, 0.15) is 34.5 Å². The van der Waals surface area contributed by atoms with Crippen molar-refractivity contribution in [1.29, 1.82) is 0 Å². The maximum Gasteiger partial charge on any atom is 0.255 e. The van der Waals surface area contributed by atoms with Crippen LogP contribution in [0.2, 0.25) is 0 Å². The van der Waals surface area contributed by atoms with Gasteiger partial charge in [0.05, 0.1) is 18.1 Å². The van der Waals surface area contributed by atoms with Gasteiger partial charge in [0.2, 0.25) is 11.4 Å². The van der Waals surface area contributed by atoms with Crippen LogP contribution in [-0.2, 0) is 21.4 Å². The SMILES string of the molecule is COc1cc(O)c2c(O)c3c(c4c2c1[C@@]1(C4)C(C)=CCCC1(C)C)C(O)[C@]1(O)CC(=O)C(C(N)=O)=C(O)[C@]1(O)C3=O. The minimum Gasteiger partial charge on any atom is -0.508 e. The summed E-state index contributed by atoms with van der Waals surface area (Å²) in [6, 6.07) is 1.33. The van der Waals surface area contributed by atoms with Crippen LogP contribution in [0.3, 0.4) is 0 Å². The van der Waals surface area contributed by atoms with Gasteiger partial charge in [0.15, 0.2) is 11.5 Å². The lowest BCUT2D eigenvalue weighted by Gasteiger charge is -2.51. The molecule has 0 aromatic heterocycles. The molecule has 41 heavy (non-hydrogen) atoms. The number of phenolic OH excluding ortho intramolecular Hbond substituents is 2. The number of methoxy groups -OCH3 is 1. The van der Waals surface area contributed by atoms with Crippen molar-refractivity contribution in [2.45, 2.75) is 69.2 Å². The minimum absolute atomic E-state index is 0.138. The average molecular weight is 566 g/mol. The van der Waals surface area contributed by atoms with E-state index in [0.29, 0.717) is 22.3 Å². The van der Waals surface area contributed by atoms with Crippen LogP contribution in [0.15, 0.2) is 29.0 Å². The van der Waals surface area contributed by atoms with E-state index < -0.39 is 80.4 Å². The smallest absolute Gasteiger partial charge is 0.255 e. The number of carbonyl (C=O) groups excluding carboxylic acids is 3. The first-order valence-electron chi connectivity index (χ1n) is 13.3. The van der Waals surface area contributed by atoms with Gasteiger partial charge in [0.25, 0.3) is 5.91 Å². The van der Waals surface area contributed by atoms with E-state index in [-0.39, 0.29) is 17.4 Å². The van der Waals surface area contributed by atoms with E-state index in [4.69, 9.17) is 10.5 Å². The number of phenols is 2. The van der Waals surface area contributed by atoms with Crippen LogP contribution in [0, 0.1) is 5.41 Å². The molecule has 11 nitrogen and oxygen atoms in total. The second-order valence-electron chi connectivity index (χ2n) is 12.3. The highest BCUT2D eigenvalue weighted by Crippen LogP contribution is 2.66. The van der Waals surface area contributed by atoms with Gasteiger partial charge in [-0.15, -0.1) is 0 Å². The van der Waals surface area contributed by atoms with Gasteiger partial charge in [0, 0.05) is 34.4 Å². The summed E-state index contributed by atoms with van der Waals surface area (Å²) >= 11 is 0. The number of Topliss-reactive ketones (excluding diaryl/α,β-unsaturated/α-hetero) is 2. The minimum atomic E-state index is -3.41. The fourth-order valence-electron chi connectivity index (χ4n) is 8.11. The van der Waals surface area contributed by atoms with Crippen molar-refractivity contribution in [3.63, 3.8) is 0 Å². The second kappa shape index (κ2) is 7.87. The molecule has 4 aliphatic carbocycles. The quantitative estimate of drug-likeness (QED) is 0.207. The summed E-state index contributed by atoms with van der Waals surface area (Å²) in [5.74, 6) is -6.54. The molecule has 4 aliphatic rings. The molecule has 4 atom stereocenters. The fourth-order valence-corrected chi connectivity index (χ4v) is 8.11. The molecular formula is C30H31NO10. The maximum absolute atomic E-state index is 14.1. The van der Waals surface area contributed by atoms with Gasteiger partial charge in [-0.25, -0.2) is 0 Å². The summed E-state index contributed by atoms with van der Waals surface area (Å²) in [5, 5.41) is 68.9. The second-order valence-corrected chi connectivity index (χ2v) is 12.3. The Kier molecular flexibility index (Phi) is 5.23. The van der Waals surface area contributed by atoms with Crippen molar-refractivity contribution in [3.05, 3.63) is 51.3 Å². The number of carbonyl (C=O) groups is 3. The van der Waals surface area contributed by atoms with E-state index in [1.165, 1.54) is 13.2 Å². The molecule has 2 aromatic carbocycles. The molecule has 8 N–H and O–H groups in total. The van der Waals surface area contributed by atoms with E-state index in [1.807, 2.05) is 6.92 Å². The zero-order chi connectivity index (χ0) is 30.2. The van der Waals surface area contributed by atoms with E-state index in [0.717, 1.165) is 18.4 Å². The average Bonchev–Trinajstić information content (AvgIpc) is 3.24. The van der Waals surface area contributed by atoms with Crippen molar-refractivity contribution in [2.75, 3.05) is 7.11 Å². The third kappa shape index (κ3) is 2.76. The van der Waals surface area contributed by atoms with E-state index in [9.17, 15) is 45.0 Å². The lowest BCUT2D eigenvalue weighted by atomic mass is 9.54. The first kappa shape index (κ1) is 27.3. The van der Waals surface area contributed by atoms with Crippen LogP contribution in [0.25, 0.3) is 10.8 Å². The molecule has 2 aromatic rings. The first-order chi connectivity index (χ1) is 19.0. The zero-order valence-electron chi connectivity index (χ0n) is 23.0. The summed E-state index contributed by atoms with van der Waals surface area (Å²) in [6.45, 7) is 6.10. The number of ketones is 2. The first-order valence-corrected chi connectivity index (χ1v) is 13.3. The number of hydrogen-bond donors (Lipinski definition) is 7. The number of benzene rings is 2. The molecule has 0 saturated carbocycles. The molecule has 0 fully saturated rings. The molecule has 0 bridgehead atoms. The Balaban J connectivity index is 1.79. The molecule has 1 amide bonds. The Morgan fingerprint density at radius 2 is 1.76 bits per heavy atom. The summed E-state index contributed by atoms with van der Waals surface area (Å²) in [4.78, 5) is 38.9. The number of aliphatic hydroxyl groups excluding tert-OH is 2. The molecule has 0 saturated heterocycles. The topological polar surface area (TPSA) is 208 Å². The monoisotopic (exact) mass is 565 g/mol. The van der Waals surface area contributed by atoms with Gasteiger partial charge in [-0.2, -0.15) is 0 Å². The van der Waals surface area contributed by atoms with Crippen molar-refractivity contribution in [1.82, 2.24) is 0 Å². The molecule has 1 unspecified atom stereocenters. The molecule has 0 heterocycles. The van der Waals surface area contributed by atoms with Gasteiger partial charge in [-0.1, -0.05) is 25.5 Å². The standard InChI is InChI=1S/C30H31NO10/c1-11-6-5-7-27(2,3)28(11)9-12-16-18(13(32)8-15(41-4)21(16)28)22(34)20-17(12)23(35)29(39)10-14(33)19(26(31)38)24(36)30(29,40)25(20)37/h6,8,23,32,34-36,39-40H,5,7,9-10H2,1-4H3,(H2,31,38)/t23?,28-,29-,30+/m1/s1. The summed E-state index contributed by atoms with van der Waals surface area (Å²) in [6.07, 6.45) is 0.488. The Labute approximate surface area is 234 Å². The Bertz CT molecular complexity index is 1720. The third-order valence-electron chi connectivity index (χ3n) is 10.2. The molecule has 11 heteroatoms. The number of nitrogens with two attached hydrogens (primary N) is 1. The van der Waals surface area contributed by atoms with Gasteiger partial charge < -0.3 is 41.1 Å². The number of hydrogen-bond acceptors (Lipinski definition) is 10. The highest BCUT2D eigenvalue weighted by atomic mass is 16.5. The number of aliphatic hydroxyl groups is 4. The number of amides is 1. The van der Waals surface area contributed by atoms with Crippen molar-refractivity contribution in [3.8, 4) is 17.2 Å². The van der Waals surface area contributed by atoms with Crippen LogP contribution in [0.1, 0.15) is 73.2 Å². The molecule has 0 aliphatic heterocycles. The zero-order valence-corrected chi connectivity index (χ0v) is 23.0. The number of ether oxygens (including phenoxy) is 1. The highest BCUT2D eigenvalue weighted by molar-refractivity contribution is 6.24. The predicted molar refractivity (Wildman–Crippen MR) is 144 cm³/mol. The third-order valence-corrected chi connectivity index (χ3v) is 10.2. The van der Waals surface area contributed by atoms with Crippen molar-refractivity contribution < 1.29 is 49.8 Å². The van der Waals surface area contributed by atoms with Crippen LogP contribution >= 0.6 is 0 Å². The summed E-state index contributed by atoms with van der Waals surface area (Å²) in [7, 11) is 1.44. The number of primary amides is 1. The maximum atomic E-state index is 14.1. The lowest BCUT2D eigenvalue weighted by molar-refractivity contribution is -0.193. The van der Waals surface area contributed by atoms with E-state index in [2.05, 4.69) is 19.9 Å². The number of aromatic hydroxyl groups is 2. The van der Waals surface area contributed by atoms with Crippen LogP contribution in [-0.4, -0.2) is 66.4 Å². The largest absolute Gasteiger partial charge is 0.508 e. The highest BCUT2D eigenvalue weighted by Gasteiger charge is 2.71. The Morgan fingerprint density at radius 1 is 1.10 bits per heavy atom. The molecule has 216 valence electrons. The van der Waals surface area contributed by atoms with E-state index >= 15 is 0 Å². The number of allylic oxidation sites excluding steroid dienone is 2. The molecule has 6 rings (SSSR count). The van der Waals surface area contributed by atoms with Crippen LogP contribution in [0.5, 0.6) is 17.2 Å². The predicted octanol–water partition coefficient (Wildman–Crippen LogP) is 1.78. The summed E-state index contributed by atoms with van der Waals surface area (Å²) < 4.78 is 5.73. The van der Waals surface area contributed by atoms with Crippen molar-refractivity contribution >= 4 is 28.2 Å². The van der Waals surface area contributed by atoms with Gasteiger partial charge in [-0.3, -0.25) is 14.4 Å². The molecular weight excluding hydrogens is 534 g/mol. The van der Waals surface area contributed by atoms with Crippen LogP contribution < -0.4 is 10.5 Å². The lowest BCUT2D eigenvalue weighted by Crippen LogP contribution is -2.69. The number of rotatable bonds is 2.